The van der Waals surface area contributed by atoms with Crippen molar-refractivity contribution in [1.29, 1.82) is 0 Å². The molecule has 0 saturated carbocycles. The van der Waals surface area contributed by atoms with E-state index < -0.39 is 0 Å². The molecular formula is C18H21N5O. The molecule has 1 aromatic carbocycles. The molecule has 1 aliphatic rings. The van der Waals surface area contributed by atoms with Gasteiger partial charge in [-0.2, -0.15) is 0 Å². The van der Waals surface area contributed by atoms with Gasteiger partial charge < -0.3 is 14.5 Å². The number of likely N-dealkylation sites (tertiary alicyclic amines) is 1. The minimum atomic E-state index is 0.143. The van der Waals surface area contributed by atoms with Crippen molar-refractivity contribution in [3.63, 3.8) is 0 Å². The maximum Gasteiger partial charge on any atom is 0.242 e. The standard InChI is InChI=1S/C18H21N5O/c1-13-4-5-15-16(9-13)21-18(20-15)14-3-2-7-23(10-14)17(24)11-22-8-6-19-12-22/h4-6,8-9,12,14H,2-3,7,10-11H2,1H3,(H,20,21). The second kappa shape index (κ2) is 6.11. The average molecular weight is 323 g/mol. The fourth-order valence-electron chi connectivity index (χ4n) is 3.40. The first kappa shape index (κ1) is 14.9. The molecule has 6 heteroatoms. The zero-order chi connectivity index (χ0) is 16.5. The highest BCUT2D eigenvalue weighted by Crippen LogP contribution is 2.27. The van der Waals surface area contributed by atoms with Gasteiger partial charge in [-0.1, -0.05) is 6.07 Å². The summed E-state index contributed by atoms with van der Waals surface area (Å²) >= 11 is 0. The molecule has 4 rings (SSSR count). The maximum atomic E-state index is 12.5. The van der Waals surface area contributed by atoms with Crippen molar-refractivity contribution in [2.45, 2.75) is 32.2 Å². The number of aryl methyl sites for hydroxylation is 1. The van der Waals surface area contributed by atoms with Crippen molar-refractivity contribution in [1.82, 2.24) is 24.4 Å². The molecule has 1 aliphatic heterocycles. The van der Waals surface area contributed by atoms with Crippen molar-refractivity contribution in [3.05, 3.63) is 48.3 Å². The molecular weight excluding hydrogens is 302 g/mol. The number of fused-ring (bicyclic) bond motifs is 1. The predicted molar refractivity (Wildman–Crippen MR) is 91.6 cm³/mol. The molecule has 124 valence electrons. The Morgan fingerprint density at radius 1 is 1.42 bits per heavy atom. The molecule has 0 aliphatic carbocycles. The van der Waals surface area contributed by atoms with Crippen molar-refractivity contribution in [2.24, 2.45) is 0 Å². The Bertz CT molecular complexity index is 852. The van der Waals surface area contributed by atoms with Gasteiger partial charge in [0.1, 0.15) is 12.4 Å². The minimum absolute atomic E-state index is 0.143. The lowest BCUT2D eigenvalue weighted by atomic mass is 9.97. The molecule has 6 nitrogen and oxygen atoms in total. The lowest BCUT2D eigenvalue weighted by Crippen LogP contribution is -2.41. The van der Waals surface area contributed by atoms with Crippen LogP contribution < -0.4 is 0 Å². The molecule has 1 unspecified atom stereocenters. The molecule has 0 radical (unpaired) electrons. The highest BCUT2D eigenvalue weighted by Gasteiger charge is 2.26. The second-order valence-electron chi connectivity index (χ2n) is 6.56. The van der Waals surface area contributed by atoms with Gasteiger partial charge in [0.2, 0.25) is 5.91 Å². The van der Waals surface area contributed by atoms with Gasteiger partial charge in [-0.15, -0.1) is 0 Å². The van der Waals surface area contributed by atoms with Crippen LogP contribution in [0.5, 0.6) is 0 Å². The van der Waals surface area contributed by atoms with Crippen LogP contribution in [0.3, 0.4) is 0 Å². The number of carbonyl (C=O) groups is 1. The second-order valence-corrected chi connectivity index (χ2v) is 6.56. The van der Waals surface area contributed by atoms with E-state index in [1.54, 1.807) is 12.5 Å². The van der Waals surface area contributed by atoms with Crippen molar-refractivity contribution >= 4 is 16.9 Å². The van der Waals surface area contributed by atoms with E-state index in [1.165, 1.54) is 5.56 Å². The fraction of sp³-hybridized carbons (Fsp3) is 0.389. The Morgan fingerprint density at radius 3 is 3.17 bits per heavy atom. The summed E-state index contributed by atoms with van der Waals surface area (Å²) in [4.78, 5) is 26.6. The fourth-order valence-corrected chi connectivity index (χ4v) is 3.40. The Labute approximate surface area is 140 Å². The lowest BCUT2D eigenvalue weighted by molar-refractivity contribution is -0.133. The first-order chi connectivity index (χ1) is 11.7. The summed E-state index contributed by atoms with van der Waals surface area (Å²) in [7, 11) is 0. The SMILES string of the molecule is Cc1ccc2nc(C3CCCN(C(=O)Cn4ccnc4)C3)[nH]c2c1. The summed E-state index contributed by atoms with van der Waals surface area (Å²) in [5.41, 5.74) is 3.29. The molecule has 24 heavy (non-hydrogen) atoms. The first-order valence-corrected chi connectivity index (χ1v) is 8.39. The Kier molecular flexibility index (Phi) is 3.80. The van der Waals surface area contributed by atoms with Crippen LogP contribution in [0.4, 0.5) is 0 Å². The number of carbonyl (C=O) groups excluding carboxylic acids is 1. The molecule has 1 atom stereocenters. The smallest absolute Gasteiger partial charge is 0.242 e. The van der Waals surface area contributed by atoms with E-state index in [4.69, 9.17) is 4.98 Å². The number of piperidine rings is 1. The van der Waals surface area contributed by atoms with Gasteiger partial charge >= 0.3 is 0 Å². The molecule has 1 saturated heterocycles. The van der Waals surface area contributed by atoms with E-state index in [1.807, 2.05) is 15.7 Å². The molecule has 3 aromatic rings. The maximum absolute atomic E-state index is 12.5. The summed E-state index contributed by atoms with van der Waals surface area (Å²) in [6, 6.07) is 6.25. The normalized spacial score (nSPS) is 18.2. The number of benzene rings is 1. The van der Waals surface area contributed by atoms with Crippen molar-refractivity contribution < 1.29 is 4.79 Å². The van der Waals surface area contributed by atoms with E-state index in [-0.39, 0.29) is 11.8 Å². The molecule has 1 fully saturated rings. The number of imidazole rings is 2. The lowest BCUT2D eigenvalue weighted by Gasteiger charge is -2.32. The topological polar surface area (TPSA) is 66.8 Å². The van der Waals surface area contributed by atoms with E-state index in [2.05, 4.69) is 35.1 Å². The molecule has 0 spiro atoms. The number of hydrogen-bond donors (Lipinski definition) is 1. The largest absolute Gasteiger partial charge is 0.342 e. The van der Waals surface area contributed by atoms with Gasteiger partial charge in [0.25, 0.3) is 0 Å². The number of amides is 1. The van der Waals surface area contributed by atoms with E-state index in [0.29, 0.717) is 6.54 Å². The average Bonchev–Trinajstić information content (AvgIpc) is 3.24. The quantitative estimate of drug-likeness (QED) is 0.805. The third kappa shape index (κ3) is 2.91. The number of nitrogens with one attached hydrogen (secondary N) is 1. The number of rotatable bonds is 3. The summed E-state index contributed by atoms with van der Waals surface area (Å²) < 4.78 is 1.82. The zero-order valence-electron chi connectivity index (χ0n) is 13.8. The molecule has 3 heterocycles. The van der Waals surface area contributed by atoms with Crippen LogP contribution in [0.2, 0.25) is 0 Å². The van der Waals surface area contributed by atoms with Gasteiger partial charge in [0, 0.05) is 31.4 Å². The van der Waals surface area contributed by atoms with Gasteiger partial charge in [0.15, 0.2) is 0 Å². The summed E-state index contributed by atoms with van der Waals surface area (Å²) in [5, 5.41) is 0. The summed E-state index contributed by atoms with van der Waals surface area (Å²) in [6.45, 7) is 3.98. The third-order valence-electron chi connectivity index (χ3n) is 4.69. The predicted octanol–water partition coefficient (Wildman–Crippen LogP) is 2.47. The summed E-state index contributed by atoms with van der Waals surface area (Å²) in [6.07, 6.45) is 7.27. The number of aromatic nitrogens is 4. The van der Waals surface area contributed by atoms with E-state index >= 15 is 0 Å². The Balaban J connectivity index is 1.50. The Hall–Kier alpha value is -2.63. The molecule has 1 amide bonds. The van der Waals surface area contributed by atoms with Crippen LogP contribution in [0.1, 0.15) is 30.1 Å². The highest BCUT2D eigenvalue weighted by atomic mass is 16.2. The monoisotopic (exact) mass is 323 g/mol. The van der Waals surface area contributed by atoms with E-state index in [0.717, 1.165) is 42.8 Å². The van der Waals surface area contributed by atoms with Crippen molar-refractivity contribution in [2.75, 3.05) is 13.1 Å². The van der Waals surface area contributed by atoms with E-state index in [9.17, 15) is 4.79 Å². The van der Waals surface area contributed by atoms with Gasteiger partial charge in [-0.05, 0) is 37.5 Å². The van der Waals surface area contributed by atoms with Crippen LogP contribution in [-0.4, -0.2) is 43.4 Å². The van der Waals surface area contributed by atoms with Gasteiger partial charge in [0.05, 0.1) is 17.4 Å². The number of hydrogen-bond acceptors (Lipinski definition) is 3. The van der Waals surface area contributed by atoms with Crippen LogP contribution in [-0.2, 0) is 11.3 Å². The molecule has 1 N–H and O–H groups in total. The Morgan fingerprint density at radius 2 is 2.33 bits per heavy atom. The number of H-pyrrole nitrogens is 1. The van der Waals surface area contributed by atoms with Gasteiger partial charge in [-0.3, -0.25) is 4.79 Å². The van der Waals surface area contributed by atoms with Crippen molar-refractivity contribution in [3.8, 4) is 0 Å². The highest BCUT2D eigenvalue weighted by molar-refractivity contribution is 5.77. The third-order valence-corrected chi connectivity index (χ3v) is 4.69. The van der Waals surface area contributed by atoms with Crippen LogP contribution >= 0.6 is 0 Å². The molecule has 0 bridgehead atoms. The van der Waals surface area contributed by atoms with Gasteiger partial charge in [-0.25, -0.2) is 9.97 Å². The number of nitrogens with zero attached hydrogens (tertiary/aromatic N) is 4. The molecule has 2 aromatic heterocycles. The summed E-state index contributed by atoms with van der Waals surface area (Å²) in [5.74, 6) is 1.42. The zero-order valence-corrected chi connectivity index (χ0v) is 13.8. The van der Waals surface area contributed by atoms with Crippen LogP contribution in [0.15, 0.2) is 36.9 Å². The van der Waals surface area contributed by atoms with Crippen LogP contribution in [0.25, 0.3) is 11.0 Å². The number of aromatic amines is 1. The van der Waals surface area contributed by atoms with Crippen LogP contribution in [0, 0.1) is 6.92 Å². The minimum Gasteiger partial charge on any atom is -0.342 e. The first-order valence-electron chi connectivity index (χ1n) is 8.39.